The summed E-state index contributed by atoms with van der Waals surface area (Å²) < 4.78 is 0. The summed E-state index contributed by atoms with van der Waals surface area (Å²) in [4.78, 5) is 17.5. The zero-order valence-corrected chi connectivity index (χ0v) is 18.0. The van der Waals surface area contributed by atoms with E-state index in [1.165, 1.54) is 50.1 Å². The van der Waals surface area contributed by atoms with E-state index in [9.17, 15) is 4.79 Å². The lowest BCUT2D eigenvalue weighted by atomic mass is 9.83. The molecular formula is C25H37N3O. The van der Waals surface area contributed by atoms with Crippen LogP contribution in [0.15, 0.2) is 36.4 Å². The van der Waals surface area contributed by atoms with Crippen LogP contribution in [-0.4, -0.2) is 49.6 Å². The molecule has 1 aliphatic heterocycles. The fourth-order valence-corrected chi connectivity index (χ4v) is 5.17. The molecule has 0 aromatic heterocycles. The second-order valence-corrected chi connectivity index (χ2v) is 9.32. The maximum atomic E-state index is 12.3. The van der Waals surface area contributed by atoms with Gasteiger partial charge in [-0.2, -0.15) is 0 Å². The summed E-state index contributed by atoms with van der Waals surface area (Å²) in [5.41, 5.74) is 2.72. The average molecular weight is 396 g/mol. The number of amides is 1. The number of piperazine rings is 1. The predicted octanol–water partition coefficient (Wildman–Crippen LogP) is 4.15. The van der Waals surface area contributed by atoms with Gasteiger partial charge < -0.3 is 10.2 Å². The van der Waals surface area contributed by atoms with Gasteiger partial charge in [-0.25, -0.2) is 0 Å². The molecule has 1 aromatic carbocycles. The van der Waals surface area contributed by atoms with E-state index in [4.69, 9.17) is 0 Å². The third kappa shape index (κ3) is 5.63. The van der Waals surface area contributed by atoms with Crippen molar-refractivity contribution in [1.82, 2.24) is 10.2 Å². The number of nitrogens with zero attached hydrogens (tertiary/aromatic N) is 2. The van der Waals surface area contributed by atoms with Gasteiger partial charge in [-0.1, -0.05) is 24.3 Å². The van der Waals surface area contributed by atoms with Crippen LogP contribution in [0.4, 0.5) is 5.69 Å². The number of carbonyl (C=O) groups is 1. The molecule has 1 aromatic rings. The Hall–Kier alpha value is -1.81. The first kappa shape index (κ1) is 20.5. The van der Waals surface area contributed by atoms with Crippen molar-refractivity contribution < 1.29 is 4.79 Å². The fourth-order valence-electron chi connectivity index (χ4n) is 5.17. The van der Waals surface area contributed by atoms with Crippen LogP contribution in [0.1, 0.15) is 50.5 Å². The molecule has 158 valence electrons. The lowest BCUT2D eigenvalue weighted by molar-refractivity contribution is -0.125. The molecule has 29 heavy (non-hydrogen) atoms. The maximum absolute atomic E-state index is 12.3. The van der Waals surface area contributed by atoms with Crippen molar-refractivity contribution >= 4 is 11.6 Å². The van der Waals surface area contributed by atoms with Gasteiger partial charge in [0, 0.05) is 43.8 Å². The van der Waals surface area contributed by atoms with E-state index in [-0.39, 0.29) is 11.8 Å². The van der Waals surface area contributed by atoms with E-state index >= 15 is 0 Å². The fraction of sp³-hybridized carbons (Fsp3) is 0.640. The number of rotatable bonds is 6. The van der Waals surface area contributed by atoms with Crippen molar-refractivity contribution in [3.05, 3.63) is 42.0 Å². The first-order chi connectivity index (χ1) is 14.2. The topological polar surface area (TPSA) is 35.6 Å². The van der Waals surface area contributed by atoms with Crippen LogP contribution in [0.5, 0.6) is 0 Å². The largest absolute Gasteiger partial charge is 0.369 e. The summed E-state index contributed by atoms with van der Waals surface area (Å²) in [5.74, 6) is 1.32. The summed E-state index contributed by atoms with van der Waals surface area (Å²) in [6.07, 6.45) is 12.3. The van der Waals surface area contributed by atoms with Crippen molar-refractivity contribution in [2.24, 2.45) is 11.8 Å². The Morgan fingerprint density at radius 3 is 2.45 bits per heavy atom. The van der Waals surface area contributed by atoms with Gasteiger partial charge in [0.1, 0.15) is 0 Å². The molecule has 4 nitrogen and oxygen atoms in total. The van der Waals surface area contributed by atoms with Crippen molar-refractivity contribution in [2.75, 3.05) is 37.6 Å². The highest BCUT2D eigenvalue weighted by Gasteiger charge is 2.26. The number of hydrogen-bond acceptors (Lipinski definition) is 3. The van der Waals surface area contributed by atoms with E-state index in [1.807, 2.05) is 0 Å². The highest BCUT2D eigenvalue weighted by Crippen LogP contribution is 2.28. The van der Waals surface area contributed by atoms with Crippen LogP contribution < -0.4 is 10.2 Å². The van der Waals surface area contributed by atoms with E-state index in [0.29, 0.717) is 6.04 Å². The van der Waals surface area contributed by atoms with Gasteiger partial charge in [0.15, 0.2) is 0 Å². The molecule has 1 saturated heterocycles. The van der Waals surface area contributed by atoms with Crippen LogP contribution in [0.25, 0.3) is 0 Å². The number of anilines is 1. The molecule has 4 heteroatoms. The molecule has 1 amide bonds. The molecule has 2 aliphatic carbocycles. The Morgan fingerprint density at radius 1 is 1.03 bits per heavy atom. The monoisotopic (exact) mass is 395 g/mol. The predicted molar refractivity (Wildman–Crippen MR) is 120 cm³/mol. The number of hydrogen-bond donors (Lipinski definition) is 1. The number of aryl methyl sites for hydroxylation is 1. The van der Waals surface area contributed by atoms with Crippen molar-refractivity contribution in [3.8, 4) is 0 Å². The van der Waals surface area contributed by atoms with Crippen LogP contribution in [0.3, 0.4) is 0 Å². The molecule has 0 bridgehead atoms. The van der Waals surface area contributed by atoms with E-state index in [0.717, 1.165) is 44.7 Å². The Labute approximate surface area is 176 Å². The maximum Gasteiger partial charge on any atom is 0.223 e. The summed E-state index contributed by atoms with van der Waals surface area (Å²) in [7, 11) is 0. The normalized spacial score (nSPS) is 26.0. The molecule has 1 heterocycles. The van der Waals surface area contributed by atoms with Crippen molar-refractivity contribution in [2.45, 2.75) is 57.9 Å². The van der Waals surface area contributed by atoms with Crippen LogP contribution in [0, 0.1) is 18.8 Å². The summed E-state index contributed by atoms with van der Waals surface area (Å²) in [6, 6.07) is 9.29. The Bertz CT molecular complexity index is 692. The molecule has 0 atom stereocenters. The zero-order chi connectivity index (χ0) is 20.1. The quantitative estimate of drug-likeness (QED) is 0.735. The lowest BCUT2D eigenvalue weighted by Crippen LogP contribution is -2.47. The van der Waals surface area contributed by atoms with Gasteiger partial charge in [0.25, 0.3) is 0 Å². The van der Waals surface area contributed by atoms with Gasteiger partial charge in [-0.05, 0) is 82.0 Å². The SMILES string of the molecule is Cc1cccc(N2CCN(CC[C@H]3CC[C@H](NC(=O)C4CC=CC4)CC3)CC2)c1. The van der Waals surface area contributed by atoms with Crippen molar-refractivity contribution in [3.63, 3.8) is 0 Å². The van der Waals surface area contributed by atoms with Gasteiger partial charge in [0.2, 0.25) is 5.91 Å². The second-order valence-electron chi connectivity index (χ2n) is 9.32. The van der Waals surface area contributed by atoms with Gasteiger partial charge in [-0.3, -0.25) is 9.69 Å². The summed E-state index contributed by atoms with van der Waals surface area (Å²) in [6.45, 7) is 8.03. The molecule has 0 spiro atoms. The van der Waals surface area contributed by atoms with E-state index < -0.39 is 0 Å². The summed E-state index contributed by atoms with van der Waals surface area (Å²) in [5, 5.41) is 3.32. The van der Waals surface area contributed by atoms with Gasteiger partial charge in [-0.15, -0.1) is 0 Å². The first-order valence-corrected chi connectivity index (χ1v) is 11.7. The lowest BCUT2D eigenvalue weighted by Gasteiger charge is -2.37. The van der Waals surface area contributed by atoms with Crippen molar-refractivity contribution in [1.29, 1.82) is 0 Å². The minimum absolute atomic E-state index is 0.200. The highest BCUT2D eigenvalue weighted by atomic mass is 16.1. The van der Waals surface area contributed by atoms with E-state index in [2.05, 4.69) is 58.5 Å². The molecule has 4 rings (SSSR count). The third-order valence-electron chi connectivity index (χ3n) is 7.16. The number of allylic oxidation sites excluding steroid dienone is 2. The molecule has 0 unspecified atom stereocenters. The summed E-state index contributed by atoms with van der Waals surface area (Å²) >= 11 is 0. The first-order valence-electron chi connectivity index (χ1n) is 11.7. The minimum atomic E-state index is 0.200. The minimum Gasteiger partial charge on any atom is -0.369 e. The number of carbonyl (C=O) groups excluding carboxylic acids is 1. The zero-order valence-electron chi connectivity index (χ0n) is 18.0. The van der Waals surface area contributed by atoms with Crippen LogP contribution >= 0.6 is 0 Å². The second kappa shape index (κ2) is 9.80. The van der Waals surface area contributed by atoms with Gasteiger partial charge >= 0.3 is 0 Å². The van der Waals surface area contributed by atoms with Gasteiger partial charge in [0.05, 0.1) is 0 Å². The smallest absolute Gasteiger partial charge is 0.223 e. The molecule has 1 N–H and O–H groups in total. The third-order valence-corrected chi connectivity index (χ3v) is 7.16. The Morgan fingerprint density at radius 2 is 1.76 bits per heavy atom. The standard InChI is InChI=1S/C25H37N3O/c1-20-5-4-8-24(19-20)28-17-15-27(16-18-28)14-13-21-9-11-23(12-10-21)26-25(29)22-6-2-3-7-22/h2-5,8,19,21-23H,6-7,9-18H2,1H3,(H,26,29)/t21-,23-. The number of nitrogens with one attached hydrogen (secondary N) is 1. The Kier molecular flexibility index (Phi) is 6.91. The highest BCUT2D eigenvalue weighted by molar-refractivity contribution is 5.79. The van der Waals surface area contributed by atoms with E-state index in [1.54, 1.807) is 0 Å². The molecule has 0 radical (unpaired) electrons. The molecule has 3 aliphatic rings. The van der Waals surface area contributed by atoms with Crippen LogP contribution in [0.2, 0.25) is 0 Å². The Balaban J connectivity index is 1.12. The van der Waals surface area contributed by atoms with Crippen LogP contribution in [-0.2, 0) is 4.79 Å². The molecule has 2 fully saturated rings. The average Bonchev–Trinajstić information content (AvgIpc) is 3.29. The number of benzene rings is 1. The molecular weight excluding hydrogens is 358 g/mol. The molecule has 1 saturated carbocycles.